The summed E-state index contributed by atoms with van der Waals surface area (Å²) in [4.78, 5) is 9.22. The van der Waals surface area contributed by atoms with Crippen molar-refractivity contribution in [1.82, 2.24) is 9.97 Å². The average Bonchev–Trinajstić information content (AvgIpc) is 2.90. The molecule has 2 aromatic carbocycles. The Balaban J connectivity index is 0.000000227. The first-order valence-corrected chi connectivity index (χ1v) is 12.8. The fraction of sp³-hybridized carbons (Fsp3) is 0.154. The second kappa shape index (κ2) is 16.1. The topological polar surface area (TPSA) is 44.2 Å². The van der Waals surface area contributed by atoms with Crippen molar-refractivity contribution < 1.29 is 35.8 Å². The first-order chi connectivity index (χ1) is 18.4. The molecule has 0 amide bonds. The van der Waals surface area contributed by atoms with Crippen molar-refractivity contribution in [2.75, 3.05) is 0 Å². The highest BCUT2D eigenvalue weighted by Gasteiger charge is 2.31. The van der Waals surface area contributed by atoms with Crippen LogP contribution < -0.4 is 9.47 Å². The first-order valence-electron chi connectivity index (χ1n) is 10.8. The number of thioether (sulfide) groups is 1. The fourth-order valence-corrected chi connectivity index (χ4v) is 3.68. The molecule has 4 rings (SSSR count). The Morgan fingerprint density at radius 1 is 0.641 bits per heavy atom. The Kier molecular flexibility index (Phi) is 13.3. The number of thiol groups is 1. The van der Waals surface area contributed by atoms with Crippen LogP contribution >= 0.6 is 36.0 Å². The molecule has 0 spiro atoms. The maximum atomic E-state index is 12.0. The van der Waals surface area contributed by atoms with E-state index < -0.39 is 12.7 Å². The Hall–Kier alpha value is -3.09. The molecule has 0 aliphatic heterocycles. The Morgan fingerprint density at radius 2 is 1.05 bits per heavy atom. The molecule has 0 radical (unpaired) electrons. The third kappa shape index (κ3) is 15.2. The van der Waals surface area contributed by atoms with E-state index in [4.69, 9.17) is 11.6 Å². The van der Waals surface area contributed by atoms with Gasteiger partial charge in [0.15, 0.2) is 0 Å². The smallest absolute Gasteiger partial charge is 0.406 e. The molecule has 0 aliphatic rings. The third-order valence-corrected chi connectivity index (χ3v) is 5.88. The predicted octanol–water partition coefficient (Wildman–Crippen LogP) is 8.97. The fourth-order valence-electron chi connectivity index (χ4n) is 2.50. The first kappa shape index (κ1) is 32.1. The summed E-state index contributed by atoms with van der Waals surface area (Å²) in [5.41, 5.74) is 2.22. The van der Waals surface area contributed by atoms with Crippen LogP contribution in [0.2, 0.25) is 0 Å². The summed E-state index contributed by atoms with van der Waals surface area (Å²) in [5.74, 6) is 0.867. The Labute approximate surface area is 235 Å². The van der Waals surface area contributed by atoms with Crippen LogP contribution in [0.5, 0.6) is 11.5 Å². The van der Waals surface area contributed by atoms with Gasteiger partial charge in [-0.2, -0.15) is 0 Å². The highest BCUT2D eigenvalue weighted by molar-refractivity contribution is 7.98. The van der Waals surface area contributed by atoms with E-state index in [9.17, 15) is 26.3 Å². The van der Waals surface area contributed by atoms with Crippen LogP contribution in [-0.4, -0.2) is 22.7 Å². The van der Waals surface area contributed by atoms with Crippen molar-refractivity contribution in [3.05, 3.63) is 109 Å². The minimum Gasteiger partial charge on any atom is -0.406 e. The molecule has 0 N–H and O–H groups in total. The van der Waals surface area contributed by atoms with E-state index in [-0.39, 0.29) is 11.5 Å². The number of aromatic nitrogens is 2. The summed E-state index contributed by atoms with van der Waals surface area (Å²) in [6.07, 6.45) is -2.40. The number of halogens is 7. The molecule has 2 heterocycles. The van der Waals surface area contributed by atoms with Gasteiger partial charge in [0.05, 0.1) is 0 Å². The van der Waals surface area contributed by atoms with E-state index in [1.165, 1.54) is 48.2 Å². The number of ether oxygens (including phenoxy) is 2. The van der Waals surface area contributed by atoms with Crippen LogP contribution in [0.25, 0.3) is 0 Å². The van der Waals surface area contributed by atoms with Crippen molar-refractivity contribution in [2.24, 2.45) is 0 Å². The number of hydrogen-bond donors (Lipinski definition) is 1. The molecule has 0 atom stereocenters. The second-order valence-corrected chi connectivity index (χ2v) is 9.03. The second-order valence-electron chi connectivity index (χ2n) is 7.19. The summed E-state index contributed by atoms with van der Waals surface area (Å²) in [6.45, 7) is 0. The highest BCUT2D eigenvalue weighted by Crippen LogP contribution is 2.27. The lowest BCUT2D eigenvalue weighted by atomic mass is 10.3. The lowest BCUT2D eigenvalue weighted by Crippen LogP contribution is -2.16. The molecule has 208 valence electrons. The maximum Gasteiger partial charge on any atom is 0.573 e. The molecule has 0 saturated carbocycles. The van der Waals surface area contributed by atoms with E-state index in [1.807, 2.05) is 24.3 Å². The van der Waals surface area contributed by atoms with Crippen molar-refractivity contribution in [1.29, 1.82) is 0 Å². The zero-order valence-electron chi connectivity index (χ0n) is 19.9. The van der Waals surface area contributed by atoms with Crippen LogP contribution in [0.3, 0.4) is 0 Å². The number of alkyl halides is 7. The van der Waals surface area contributed by atoms with Gasteiger partial charge in [-0.15, -0.1) is 62.3 Å². The van der Waals surface area contributed by atoms with E-state index in [2.05, 4.69) is 32.1 Å². The van der Waals surface area contributed by atoms with Gasteiger partial charge in [-0.25, -0.2) is 0 Å². The Morgan fingerprint density at radius 3 is 1.44 bits per heavy atom. The van der Waals surface area contributed by atoms with Crippen molar-refractivity contribution in [2.45, 2.75) is 34.1 Å². The number of nitrogens with zero attached hydrogens (tertiary/aromatic N) is 2. The summed E-state index contributed by atoms with van der Waals surface area (Å²) >= 11 is 10.9. The van der Waals surface area contributed by atoms with Crippen molar-refractivity contribution in [3.8, 4) is 11.5 Å². The Bertz CT molecular complexity index is 1220. The standard InChI is InChI=1S/C13H10F3NOS.C7H5F3OS.C6H6ClN/c14-13(15,16)18-11-1-3-12(4-2-11)19-9-10-5-7-17-8-6-10;8-7(9,10)11-5-1-3-6(12)4-2-5;7-5-6-1-3-8-4-2-6/h1-8H,9H2;1-4,12H;1-4H,5H2. The van der Waals surface area contributed by atoms with Gasteiger partial charge in [-0.1, -0.05) is 0 Å². The van der Waals surface area contributed by atoms with Gasteiger partial charge in [-0.05, 0) is 83.9 Å². The van der Waals surface area contributed by atoms with Gasteiger partial charge in [0.25, 0.3) is 0 Å². The number of rotatable bonds is 6. The number of benzene rings is 2. The molecular weight excluding hydrogens is 586 g/mol. The number of hydrogen-bond acceptors (Lipinski definition) is 6. The molecule has 0 aliphatic carbocycles. The third-order valence-electron chi connectivity index (χ3n) is 4.19. The van der Waals surface area contributed by atoms with Crippen molar-refractivity contribution >= 4 is 36.0 Å². The predicted molar refractivity (Wildman–Crippen MR) is 141 cm³/mol. The summed E-state index contributed by atoms with van der Waals surface area (Å²) in [6, 6.07) is 18.7. The minimum absolute atomic E-state index is 0.208. The van der Waals surface area contributed by atoms with Gasteiger partial charge < -0.3 is 9.47 Å². The molecule has 4 nitrogen and oxygen atoms in total. The van der Waals surface area contributed by atoms with Gasteiger partial charge in [0.1, 0.15) is 11.5 Å². The molecule has 39 heavy (non-hydrogen) atoms. The van der Waals surface area contributed by atoms with Crippen LogP contribution in [0.4, 0.5) is 26.3 Å². The molecule has 2 aromatic heterocycles. The molecule has 13 heteroatoms. The largest absolute Gasteiger partial charge is 0.573 e. The van der Waals surface area contributed by atoms with Crippen molar-refractivity contribution in [3.63, 3.8) is 0 Å². The van der Waals surface area contributed by atoms with Crippen LogP contribution in [-0.2, 0) is 11.6 Å². The SMILES string of the molecule is ClCc1ccncc1.FC(F)(F)Oc1ccc(S)cc1.FC(F)(F)Oc1ccc(SCc2ccncc2)cc1. The molecule has 0 saturated heterocycles. The highest BCUT2D eigenvalue weighted by atomic mass is 35.5. The summed E-state index contributed by atoms with van der Waals surface area (Å²) in [5, 5.41) is 0. The van der Waals surface area contributed by atoms with Crippen LogP contribution in [0.15, 0.2) is 107 Å². The lowest BCUT2D eigenvalue weighted by Gasteiger charge is -2.09. The molecular formula is C26H21ClF6N2O2S2. The lowest BCUT2D eigenvalue weighted by molar-refractivity contribution is -0.275. The van der Waals surface area contributed by atoms with E-state index >= 15 is 0 Å². The van der Waals surface area contributed by atoms with Gasteiger partial charge >= 0.3 is 12.7 Å². The van der Waals surface area contributed by atoms with Crippen LogP contribution in [0.1, 0.15) is 11.1 Å². The quantitative estimate of drug-likeness (QED) is 0.103. The summed E-state index contributed by atoms with van der Waals surface area (Å²) < 4.78 is 78.2. The van der Waals surface area contributed by atoms with Gasteiger partial charge in [0, 0.05) is 46.2 Å². The van der Waals surface area contributed by atoms with E-state index in [0.29, 0.717) is 10.8 Å². The maximum absolute atomic E-state index is 12.0. The average molecular weight is 607 g/mol. The van der Waals surface area contributed by atoms with Crippen LogP contribution in [0, 0.1) is 0 Å². The van der Waals surface area contributed by atoms with E-state index in [0.717, 1.165) is 21.8 Å². The van der Waals surface area contributed by atoms with Gasteiger partial charge in [-0.3, -0.25) is 9.97 Å². The monoisotopic (exact) mass is 606 g/mol. The normalized spacial score (nSPS) is 10.9. The zero-order valence-corrected chi connectivity index (χ0v) is 22.3. The molecule has 0 unspecified atom stereocenters. The van der Waals surface area contributed by atoms with Gasteiger partial charge in [0.2, 0.25) is 0 Å². The summed E-state index contributed by atoms with van der Waals surface area (Å²) in [7, 11) is 0. The minimum atomic E-state index is -4.65. The molecule has 0 fully saturated rings. The zero-order chi connectivity index (χ0) is 28.7. The molecule has 0 bridgehead atoms. The molecule has 4 aromatic rings. The number of pyridine rings is 2. The van der Waals surface area contributed by atoms with E-state index in [1.54, 1.807) is 36.9 Å².